The third-order valence-corrected chi connectivity index (χ3v) is 4.57. The van der Waals surface area contributed by atoms with E-state index in [9.17, 15) is 0 Å². The first-order chi connectivity index (χ1) is 13.5. The van der Waals surface area contributed by atoms with Gasteiger partial charge in [0.1, 0.15) is 0 Å². The van der Waals surface area contributed by atoms with Gasteiger partial charge in [-0.25, -0.2) is 9.97 Å². The molecule has 0 aliphatic heterocycles. The number of hydrogen-bond donors (Lipinski definition) is 1. The van der Waals surface area contributed by atoms with E-state index < -0.39 is 0 Å². The molecular formula is C18H24BrN7O2. The molecule has 0 bridgehead atoms. The molecule has 150 valence electrons. The summed E-state index contributed by atoms with van der Waals surface area (Å²) >= 11 is 3.47. The largest absolute Gasteiger partial charge is 0.478 e. The highest BCUT2D eigenvalue weighted by Gasteiger charge is 2.16. The van der Waals surface area contributed by atoms with E-state index in [0.29, 0.717) is 41.5 Å². The van der Waals surface area contributed by atoms with Crippen molar-refractivity contribution in [3.05, 3.63) is 28.6 Å². The molecule has 0 aromatic carbocycles. The summed E-state index contributed by atoms with van der Waals surface area (Å²) in [6, 6.07) is 4.08. The van der Waals surface area contributed by atoms with Crippen LogP contribution in [0.1, 0.15) is 18.9 Å². The topological polar surface area (TPSA) is 104 Å². The number of imidazole rings is 1. The lowest BCUT2D eigenvalue weighted by molar-refractivity contribution is 0.273. The van der Waals surface area contributed by atoms with Crippen LogP contribution in [0.5, 0.6) is 11.9 Å². The summed E-state index contributed by atoms with van der Waals surface area (Å²) in [4.78, 5) is 19.5. The van der Waals surface area contributed by atoms with E-state index in [1.54, 1.807) is 6.20 Å². The van der Waals surface area contributed by atoms with Crippen LogP contribution in [0.2, 0.25) is 0 Å². The summed E-state index contributed by atoms with van der Waals surface area (Å²) in [7, 11) is 4.09. The van der Waals surface area contributed by atoms with Crippen molar-refractivity contribution in [3.63, 3.8) is 0 Å². The summed E-state index contributed by atoms with van der Waals surface area (Å²) in [5, 5.41) is 0. The fourth-order valence-corrected chi connectivity index (χ4v) is 3.11. The van der Waals surface area contributed by atoms with Crippen LogP contribution in [-0.4, -0.2) is 63.3 Å². The Kier molecular flexibility index (Phi) is 6.63. The first-order valence-corrected chi connectivity index (χ1v) is 9.81. The van der Waals surface area contributed by atoms with Crippen molar-refractivity contribution in [1.82, 2.24) is 29.4 Å². The standard InChI is InChI=1S/C18H24BrN7O2/c1-4-27-18-23-15(20)14-16(24-18)26(17(19)22-14)11-12-6-7-13(21-10-12)28-9-5-8-25(2)3/h6-7,10H,4-5,8-9,11H2,1-3H3,(H2,20,23,24). The third-order valence-electron chi connectivity index (χ3n) is 3.97. The van der Waals surface area contributed by atoms with Crippen LogP contribution in [0.25, 0.3) is 11.2 Å². The van der Waals surface area contributed by atoms with Crippen LogP contribution in [0.3, 0.4) is 0 Å². The molecule has 0 fully saturated rings. The van der Waals surface area contributed by atoms with E-state index in [-0.39, 0.29) is 11.8 Å². The fourth-order valence-electron chi connectivity index (χ4n) is 2.64. The van der Waals surface area contributed by atoms with E-state index in [0.717, 1.165) is 18.5 Å². The number of anilines is 1. The van der Waals surface area contributed by atoms with Crippen molar-refractivity contribution in [2.45, 2.75) is 19.9 Å². The van der Waals surface area contributed by atoms with E-state index >= 15 is 0 Å². The molecule has 10 heteroatoms. The molecule has 3 heterocycles. The Balaban J connectivity index is 1.74. The van der Waals surface area contributed by atoms with Crippen LogP contribution >= 0.6 is 15.9 Å². The van der Waals surface area contributed by atoms with Crippen molar-refractivity contribution in [1.29, 1.82) is 0 Å². The Morgan fingerprint density at radius 3 is 2.68 bits per heavy atom. The highest BCUT2D eigenvalue weighted by molar-refractivity contribution is 9.10. The first-order valence-electron chi connectivity index (χ1n) is 9.02. The lowest BCUT2D eigenvalue weighted by Gasteiger charge is -2.10. The predicted octanol–water partition coefficient (Wildman–Crippen LogP) is 2.34. The van der Waals surface area contributed by atoms with E-state index in [4.69, 9.17) is 15.2 Å². The zero-order valence-electron chi connectivity index (χ0n) is 16.2. The number of nitrogens with zero attached hydrogens (tertiary/aromatic N) is 6. The molecular weight excluding hydrogens is 426 g/mol. The Bertz CT molecular complexity index is 928. The summed E-state index contributed by atoms with van der Waals surface area (Å²) in [5.74, 6) is 0.898. The van der Waals surface area contributed by atoms with Gasteiger partial charge in [0.15, 0.2) is 21.7 Å². The van der Waals surface area contributed by atoms with Crippen LogP contribution in [0, 0.1) is 0 Å². The molecule has 0 aliphatic carbocycles. The summed E-state index contributed by atoms with van der Waals surface area (Å²) in [5.41, 5.74) is 8.12. The second-order valence-corrected chi connectivity index (χ2v) is 7.18. The van der Waals surface area contributed by atoms with Gasteiger partial charge >= 0.3 is 6.01 Å². The van der Waals surface area contributed by atoms with Gasteiger partial charge in [-0.1, -0.05) is 6.07 Å². The van der Waals surface area contributed by atoms with Crippen LogP contribution in [-0.2, 0) is 6.54 Å². The SMILES string of the molecule is CCOc1nc(N)c2nc(Br)n(Cc3ccc(OCCCN(C)C)nc3)c2n1. The predicted molar refractivity (Wildman–Crippen MR) is 111 cm³/mol. The van der Waals surface area contributed by atoms with Gasteiger partial charge in [0.2, 0.25) is 5.88 Å². The van der Waals surface area contributed by atoms with Crippen molar-refractivity contribution in [3.8, 4) is 11.9 Å². The lowest BCUT2D eigenvalue weighted by Crippen LogP contribution is -2.15. The van der Waals surface area contributed by atoms with Gasteiger partial charge in [-0.3, -0.25) is 4.57 Å². The molecule has 0 radical (unpaired) electrons. The summed E-state index contributed by atoms with van der Waals surface area (Å²) in [6.07, 6.45) is 2.74. The maximum atomic E-state index is 6.00. The van der Waals surface area contributed by atoms with Crippen LogP contribution in [0.4, 0.5) is 5.82 Å². The molecule has 0 saturated heterocycles. The fraction of sp³-hybridized carbons (Fsp3) is 0.444. The Morgan fingerprint density at radius 2 is 2.00 bits per heavy atom. The number of nitrogen functional groups attached to an aromatic ring is 1. The van der Waals surface area contributed by atoms with Gasteiger partial charge in [0.25, 0.3) is 0 Å². The summed E-state index contributed by atoms with van der Waals surface area (Å²) in [6.45, 7) is 4.47. The van der Waals surface area contributed by atoms with Gasteiger partial charge in [0, 0.05) is 18.8 Å². The number of halogens is 1. The number of pyridine rings is 1. The Hall–Kier alpha value is -2.46. The second-order valence-electron chi connectivity index (χ2n) is 6.47. The molecule has 2 N–H and O–H groups in total. The molecule has 0 saturated carbocycles. The minimum atomic E-state index is 0.237. The third kappa shape index (κ3) is 4.87. The average molecular weight is 450 g/mol. The smallest absolute Gasteiger partial charge is 0.320 e. The Morgan fingerprint density at radius 1 is 1.18 bits per heavy atom. The molecule has 3 rings (SSSR count). The van der Waals surface area contributed by atoms with E-state index in [1.807, 2.05) is 37.7 Å². The number of fused-ring (bicyclic) bond motifs is 1. The minimum Gasteiger partial charge on any atom is -0.478 e. The zero-order valence-corrected chi connectivity index (χ0v) is 17.8. The maximum absolute atomic E-state index is 6.00. The van der Waals surface area contributed by atoms with Crippen molar-refractivity contribution in [2.75, 3.05) is 39.6 Å². The Labute approximate surface area is 172 Å². The van der Waals surface area contributed by atoms with Crippen molar-refractivity contribution < 1.29 is 9.47 Å². The van der Waals surface area contributed by atoms with Crippen molar-refractivity contribution in [2.24, 2.45) is 0 Å². The van der Waals surface area contributed by atoms with E-state index in [1.165, 1.54) is 0 Å². The van der Waals surface area contributed by atoms with E-state index in [2.05, 4.69) is 40.8 Å². The number of rotatable bonds is 9. The summed E-state index contributed by atoms with van der Waals surface area (Å²) < 4.78 is 13.6. The number of nitrogens with two attached hydrogens (primary N) is 1. The molecule has 0 unspecified atom stereocenters. The second kappa shape index (κ2) is 9.16. The molecule has 0 aliphatic rings. The lowest BCUT2D eigenvalue weighted by atomic mass is 10.3. The zero-order chi connectivity index (χ0) is 20.1. The quantitative estimate of drug-likeness (QED) is 0.392. The molecule has 28 heavy (non-hydrogen) atoms. The maximum Gasteiger partial charge on any atom is 0.320 e. The van der Waals surface area contributed by atoms with Gasteiger partial charge < -0.3 is 20.1 Å². The molecule has 0 amide bonds. The minimum absolute atomic E-state index is 0.237. The van der Waals surface area contributed by atoms with Gasteiger partial charge in [0.05, 0.1) is 19.8 Å². The molecule has 3 aromatic heterocycles. The van der Waals surface area contributed by atoms with Crippen molar-refractivity contribution >= 4 is 32.9 Å². The first kappa shape index (κ1) is 20.3. The highest BCUT2D eigenvalue weighted by atomic mass is 79.9. The molecule has 9 nitrogen and oxygen atoms in total. The molecule has 3 aromatic rings. The molecule has 0 atom stereocenters. The number of hydrogen-bond acceptors (Lipinski definition) is 8. The highest BCUT2D eigenvalue weighted by Crippen LogP contribution is 2.25. The number of ether oxygens (including phenoxy) is 2. The monoisotopic (exact) mass is 449 g/mol. The van der Waals surface area contributed by atoms with Gasteiger partial charge in [-0.2, -0.15) is 9.97 Å². The van der Waals surface area contributed by atoms with Gasteiger partial charge in [-0.05, 0) is 48.9 Å². The average Bonchev–Trinajstić information content (AvgIpc) is 2.97. The number of aromatic nitrogens is 5. The molecule has 0 spiro atoms. The van der Waals surface area contributed by atoms with Gasteiger partial charge in [-0.15, -0.1) is 0 Å². The van der Waals surface area contributed by atoms with Crippen LogP contribution < -0.4 is 15.2 Å². The normalized spacial score (nSPS) is 11.3. The van der Waals surface area contributed by atoms with Crippen LogP contribution in [0.15, 0.2) is 23.1 Å².